The van der Waals surface area contributed by atoms with Crippen molar-refractivity contribution in [3.8, 4) is 11.5 Å². The summed E-state index contributed by atoms with van der Waals surface area (Å²) >= 11 is 0. The van der Waals surface area contributed by atoms with E-state index in [0.29, 0.717) is 5.92 Å². The second-order valence-electron chi connectivity index (χ2n) is 12.5. The van der Waals surface area contributed by atoms with E-state index in [1.54, 1.807) is 7.11 Å². The Morgan fingerprint density at radius 2 is 1.62 bits per heavy atom. The van der Waals surface area contributed by atoms with Gasteiger partial charge in [-0.05, 0) is 60.9 Å². The minimum absolute atomic E-state index is 0.0479. The van der Waals surface area contributed by atoms with E-state index in [1.807, 2.05) is 24.3 Å². The number of hydrogen-bond donors (Lipinski definition) is 0. The molecule has 0 unspecified atom stereocenters. The van der Waals surface area contributed by atoms with Gasteiger partial charge in [0, 0.05) is 38.5 Å². The zero-order chi connectivity index (χ0) is 26.8. The van der Waals surface area contributed by atoms with Crippen LogP contribution in [0, 0.1) is 5.92 Å². The third kappa shape index (κ3) is 6.87. The molecule has 204 valence electrons. The molecule has 2 aliphatic rings. The Balaban J connectivity index is 1.42. The zero-order valence-electron chi connectivity index (χ0n) is 24.0. The van der Waals surface area contributed by atoms with Crippen LogP contribution in [0.3, 0.4) is 0 Å². The molecule has 2 aliphatic carbocycles. The van der Waals surface area contributed by atoms with Crippen LogP contribution in [0.25, 0.3) is 0 Å². The summed E-state index contributed by atoms with van der Waals surface area (Å²) < 4.78 is 31.9. The second-order valence-corrected chi connectivity index (χ2v) is 19.6. The van der Waals surface area contributed by atoms with Crippen LogP contribution in [-0.4, -0.2) is 49.4 Å². The Morgan fingerprint density at radius 3 is 2.30 bits per heavy atom. The minimum Gasteiger partial charge on any atom is -0.490 e. The lowest BCUT2D eigenvalue weighted by Gasteiger charge is -2.39. The highest BCUT2D eigenvalue weighted by atomic mass is 28.4. The van der Waals surface area contributed by atoms with Crippen molar-refractivity contribution < 1.29 is 23.1 Å². The van der Waals surface area contributed by atoms with Gasteiger partial charge in [0.15, 0.2) is 17.4 Å². The van der Waals surface area contributed by atoms with Crippen LogP contribution < -0.4 is 9.47 Å². The number of benzene rings is 2. The van der Waals surface area contributed by atoms with E-state index in [-0.39, 0.29) is 29.5 Å². The monoisotopic (exact) mass is 542 g/mol. The number of hydrogen-bond acceptors (Lipinski definition) is 5. The third-order valence-electron chi connectivity index (χ3n) is 8.25. The van der Waals surface area contributed by atoms with Crippen molar-refractivity contribution in [2.45, 2.75) is 95.7 Å². The van der Waals surface area contributed by atoms with Crippen molar-refractivity contribution in [1.29, 1.82) is 0 Å². The minimum atomic E-state index is -1.89. The van der Waals surface area contributed by atoms with E-state index in [9.17, 15) is 0 Å². The van der Waals surface area contributed by atoms with Crippen molar-refractivity contribution in [3.05, 3.63) is 59.7 Å². The van der Waals surface area contributed by atoms with Gasteiger partial charge in [0.25, 0.3) is 0 Å². The number of rotatable bonds is 10. The lowest BCUT2D eigenvalue weighted by Crippen LogP contribution is -2.45. The Kier molecular flexibility index (Phi) is 8.91. The SMILES string of the molecule is CO[C@H]1c2ccccc2C[C@H]1Oc1cccc(O[C@@H]2C[C@@H](CO[SiH](C)C)[C@@H](O[Si](C)(C)C(C)(C)C)C2)c1. The molecule has 4 rings (SSSR count). The van der Waals surface area contributed by atoms with Gasteiger partial charge < -0.3 is 23.1 Å². The highest BCUT2D eigenvalue weighted by molar-refractivity contribution is 6.74. The molecule has 0 N–H and O–H groups in total. The largest absolute Gasteiger partial charge is 0.490 e. The summed E-state index contributed by atoms with van der Waals surface area (Å²) in [5.41, 5.74) is 2.52. The maximum Gasteiger partial charge on any atom is 0.192 e. The first kappa shape index (κ1) is 28.4. The second kappa shape index (κ2) is 11.6. The summed E-state index contributed by atoms with van der Waals surface area (Å²) in [5, 5.41) is 0.176. The average Bonchev–Trinajstić information content (AvgIpc) is 3.36. The van der Waals surface area contributed by atoms with Crippen LogP contribution in [0.15, 0.2) is 48.5 Å². The Labute approximate surface area is 226 Å². The maximum absolute atomic E-state index is 6.90. The lowest BCUT2D eigenvalue weighted by atomic mass is 10.1. The van der Waals surface area contributed by atoms with Crippen LogP contribution in [0.2, 0.25) is 31.2 Å². The number of fused-ring (bicyclic) bond motifs is 1. The van der Waals surface area contributed by atoms with E-state index in [4.69, 9.17) is 23.1 Å². The van der Waals surface area contributed by atoms with Crippen LogP contribution >= 0.6 is 0 Å². The Hall–Kier alpha value is -1.65. The summed E-state index contributed by atoms with van der Waals surface area (Å²) in [6, 6.07) is 16.5. The fourth-order valence-electron chi connectivity index (χ4n) is 5.22. The molecule has 0 spiro atoms. The molecule has 0 heterocycles. The summed E-state index contributed by atoms with van der Waals surface area (Å²) in [6.07, 6.45) is 2.87. The zero-order valence-corrected chi connectivity index (χ0v) is 26.1. The highest BCUT2D eigenvalue weighted by Crippen LogP contribution is 2.42. The Bertz CT molecular complexity index is 1030. The van der Waals surface area contributed by atoms with Gasteiger partial charge in [0.05, 0.1) is 6.10 Å². The molecule has 0 bridgehead atoms. The molecule has 1 saturated carbocycles. The molecule has 37 heavy (non-hydrogen) atoms. The summed E-state index contributed by atoms with van der Waals surface area (Å²) in [6.45, 7) is 16.8. The molecule has 5 nitrogen and oxygen atoms in total. The summed E-state index contributed by atoms with van der Waals surface area (Å²) in [5.74, 6) is 2.03. The normalized spacial score (nSPS) is 25.9. The highest BCUT2D eigenvalue weighted by Gasteiger charge is 2.44. The van der Waals surface area contributed by atoms with Crippen molar-refractivity contribution in [2.75, 3.05) is 13.7 Å². The van der Waals surface area contributed by atoms with Crippen molar-refractivity contribution in [3.63, 3.8) is 0 Å². The van der Waals surface area contributed by atoms with Crippen molar-refractivity contribution in [2.24, 2.45) is 5.92 Å². The molecule has 0 radical (unpaired) electrons. The molecule has 2 aromatic rings. The van der Waals surface area contributed by atoms with E-state index in [0.717, 1.165) is 37.4 Å². The van der Waals surface area contributed by atoms with Gasteiger partial charge in [-0.2, -0.15) is 0 Å². The maximum atomic E-state index is 6.90. The standard InChI is InChI=1S/C30H46O5Si2/c1-30(2,3)37(7,8)35-27-19-25(16-22(27)20-32-36(5)6)33-23-13-11-14-24(18-23)34-28-17-21-12-9-10-15-26(21)29(28)31-4/h9-15,18,22,25,27-29,36H,16-17,19-20H2,1-8H3/t22-,25+,27-,28+,29-/m0/s1. The van der Waals surface area contributed by atoms with Gasteiger partial charge in [0.2, 0.25) is 0 Å². The molecule has 7 heteroatoms. The first-order valence-electron chi connectivity index (χ1n) is 13.8. The van der Waals surface area contributed by atoms with Crippen molar-refractivity contribution >= 4 is 17.4 Å². The number of ether oxygens (including phenoxy) is 3. The fraction of sp³-hybridized carbons (Fsp3) is 0.600. The van der Waals surface area contributed by atoms with Crippen LogP contribution in [0.5, 0.6) is 11.5 Å². The molecular formula is C30H46O5Si2. The van der Waals surface area contributed by atoms with Gasteiger partial charge >= 0.3 is 0 Å². The van der Waals surface area contributed by atoms with E-state index in [1.165, 1.54) is 11.1 Å². The molecular weight excluding hydrogens is 496 g/mol. The smallest absolute Gasteiger partial charge is 0.192 e. The Morgan fingerprint density at radius 1 is 0.919 bits per heavy atom. The van der Waals surface area contributed by atoms with Gasteiger partial charge in [-0.3, -0.25) is 0 Å². The van der Waals surface area contributed by atoms with Crippen LogP contribution in [0.4, 0.5) is 0 Å². The average molecular weight is 543 g/mol. The molecule has 2 aromatic carbocycles. The topological polar surface area (TPSA) is 46.2 Å². The van der Waals surface area contributed by atoms with Crippen LogP contribution in [-0.2, 0) is 20.0 Å². The third-order valence-corrected chi connectivity index (χ3v) is 13.6. The van der Waals surface area contributed by atoms with Gasteiger partial charge in [-0.1, -0.05) is 51.1 Å². The van der Waals surface area contributed by atoms with E-state index >= 15 is 0 Å². The fourth-order valence-corrected chi connectivity index (χ4v) is 7.25. The predicted molar refractivity (Wildman–Crippen MR) is 155 cm³/mol. The molecule has 0 aliphatic heterocycles. The first-order chi connectivity index (χ1) is 17.5. The summed E-state index contributed by atoms with van der Waals surface area (Å²) in [4.78, 5) is 0. The van der Waals surface area contributed by atoms with Crippen LogP contribution in [0.1, 0.15) is 50.8 Å². The first-order valence-corrected chi connectivity index (χ1v) is 19.5. The van der Waals surface area contributed by atoms with Gasteiger partial charge in [-0.25, -0.2) is 0 Å². The molecule has 5 atom stereocenters. The van der Waals surface area contributed by atoms with Crippen molar-refractivity contribution in [1.82, 2.24) is 0 Å². The molecule has 1 fully saturated rings. The lowest BCUT2D eigenvalue weighted by molar-refractivity contribution is 0.0124. The molecule has 0 aromatic heterocycles. The quantitative estimate of drug-likeness (QED) is 0.305. The summed E-state index contributed by atoms with van der Waals surface area (Å²) in [7, 11) is -1.23. The predicted octanol–water partition coefficient (Wildman–Crippen LogP) is 6.93. The van der Waals surface area contributed by atoms with E-state index < -0.39 is 17.4 Å². The molecule has 0 saturated heterocycles. The van der Waals surface area contributed by atoms with Gasteiger partial charge in [-0.15, -0.1) is 0 Å². The van der Waals surface area contributed by atoms with Gasteiger partial charge in [0.1, 0.15) is 29.8 Å². The van der Waals surface area contributed by atoms with E-state index in [2.05, 4.69) is 71.2 Å². The molecule has 0 amide bonds. The number of methoxy groups -OCH3 is 1.